The summed E-state index contributed by atoms with van der Waals surface area (Å²) in [6.07, 6.45) is 11.1. The van der Waals surface area contributed by atoms with Gasteiger partial charge in [-0.25, -0.2) is 13.4 Å². The molecule has 7 rings (SSSR count). The van der Waals surface area contributed by atoms with E-state index in [-0.39, 0.29) is 36.5 Å². The number of rotatable bonds is 8. The minimum atomic E-state index is -3.78. The molecular formula is C38H45N3O6S2. The van der Waals surface area contributed by atoms with Crippen molar-refractivity contribution in [3.05, 3.63) is 71.8 Å². The zero-order chi connectivity index (χ0) is 34.2. The van der Waals surface area contributed by atoms with Gasteiger partial charge in [-0.05, 0) is 87.5 Å². The van der Waals surface area contributed by atoms with Gasteiger partial charge in [-0.2, -0.15) is 0 Å². The standard InChI is InChI=1S/C38H45N3O6S2/c1-25-14-19-31-34(20-25)48-37(39-31)47-29-21-32-33(42)23-38(36(44)40-49(45,46)30-17-18-30)22-28(38)13-9-4-2-3-8-12-27(35(43)41(32)24-29)16-15-26-10-6-5-7-11-26/h5-7,9-11,13-14,19-20,27-30,32H,2-4,8,12,15-18,21-24H2,1H3,(H,40,44)/b13-9-/t27-,28-,29-,32+,38-/m1/s1. The average molecular weight is 704 g/mol. The topological polar surface area (TPSA) is 123 Å². The molecule has 49 heavy (non-hydrogen) atoms. The number of hydrogen-bond donors (Lipinski definition) is 1. The molecule has 3 aromatic rings. The number of nitrogens with zero attached hydrogens (tertiary/aromatic N) is 2. The number of hydrogen-bond acceptors (Lipinski definition) is 8. The van der Waals surface area contributed by atoms with E-state index in [0.29, 0.717) is 37.3 Å². The maximum absolute atomic E-state index is 14.5. The van der Waals surface area contributed by atoms with Gasteiger partial charge in [-0.15, -0.1) is 0 Å². The van der Waals surface area contributed by atoms with E-state index in [1.807, 2.05) is 43.3 Å². The van der Waals surface area contributed by atoms with Crippen molar-refractivity contribution in [2.75, 3.05) is 6.54 Å². The monoisotopic (exact) mass is 703 g/mol. The quantitative estimate of drug-likeness (QED) is 0.274. The van der Waals surface area contributed by atoms with E-state index in [1.54, 1.807) is 4.90 Å². The van der Waals surface area contributed by atoms with E-state index >= 15 is 0 Å². The number of amides is 2. The minimum absolute atomic E-state index is 0.0459. The molecule has 1 N–H and O–H groups in total. The van der Waals surface area contributed by atoms with Crippen LogP contribution in [0.15, 0.2) is 60.7 Å². The van der Waals surface area contributed by atoms with Crippen LogP contribution in [0.1, 0.15) is 81.8 Å². The fourth-order valence-corrected chi connectivity index (χ4v) is 9.95. The first-order valence-corrected chi connectivity index (χ1v) is 20.1. The average Bonchev–Trinajstić information content (AvgIpc) is 3.97. The molecular weight excluding hydrogens is 659 g/mol. The summed E-state index contributed by atoms with van der Waals surface area (Å²) in [5.41, 5.74) is 2.00. The van der Waals surface area contributed by atoms with E-state index in [4.69, 9.17) is 4.74 Å². The van der Waals surface area contributed by atoms with Crippen molar-refractivity contribution in [2.24, 2.45) is 17.3 Å². The first kappa shape index (κ1) is 33.9. The smallest absolute Gasteiger partial charge is 0.274 e. The lowest BCUT2D eigenvalue weighted by Crippen LogP contribution is -2.46. The maximum Gasteiger partial charge on any atom is 0.274 e. The van der Waals surface area contributed by atoms with Crippen molar-refractivity contribution >= 4 is 49.2 Å². The van der Waals surface area contributed by atoms with Crippen LogP contribution in [0.25, 0.3) is 10.2 Å². The van der Waals surface area contributed by atoms with Crippen LogP contribution in [0.3, 0.4) is 0 Å². The molecule has 11 heteroatoms. The Labute approximate surface area is 292 Å². The zero-order valence-corrected chi connectivity index (χ0v) is 29.6. The van der Waals surface area contributed by atoms with Crippen LogP contribution in [-0.2, 0) is 30.8 Å². The highest BCUT2D eigenvalue weighted by Crippen LogP contribution is 2.57. The molecule has 0 bridgehead atoms. The van der Waals surface area contributed by atoms with Crippen LogP contribution in [0.2, 0.25) is 0 Å². The van der Waals surface area contributed by atoms with E-state index in [2.05, 4.69) is 34.0 Å². The summed E-state index contributed by atoms with van der Waals surface area (Å²) < 4.78 is 35.4. The maximum atomic E-state index is 14.5. The Morgan fingerprint density at radius 3 is 2.69 bits per heavy atom. The molecule has 1 aromatic heterocycles. The number of Topliss-reactive ketones (excluding diaryl/α,β-unsaturated/α-hetero) is 1. The van der Waals surface area contributed by atoms with E-state index in [9.17, 15) is 22.8 Å². The molecule has 2 aliphatic carbocycles. The first-order valence-electron chi connectivity index (χ1n) is 17.7. The van der Waals surface area contributed by atoms with Gasteiger partial charge in [-0.3, -0.25) is 19.1 Å². The predicted octanol–water partition coefficient (Wildman–Crippen LogP) is 6.30. The second-order valence-corrected chi connectivity index (χ2v) is 17.5. The Kier molecular flexibility index (Phi) is 9.67. The first-order chi connectivity index (χ1) is 23.6. The van der Waals surface area contributed by atoms with Gasteiger partial charge in [0.05, 0.1) is 33.5 Å². The summed E-state index contributed by atoms with van der Waals surface area (Å²) in [5, 5.41) is -0.0407. The number of aromatic nitrogens is 1. The number of fused-ring (bicyclic) bond motifs is 3. The number of carbonyl (C=O) groups excluding carboxylic acids is 3. The van der Waals surface area contributed by atoms with Gasteiger partial charge in [0.2, 0.25) is 21.8 Å². The Morgan fingerprint density at radius 1 is 1.08 bits per heavy atom. The molecule has 1 saturated heterocycles. The molecule has 3 heterocycles. The Morgan fingerprint density at radius 2 is 1.90 bits per heavy atom. The third-order valence-corrected chi connectivity index (χ3v) is 13.5. The number of ether oxygens (including phenoxy) is 1. The molecule has 4 aliphatic rings. The van der Waals surface area contributed by atoms with Crippen molar-refractivity contribution in [3.63, 3.8) is 0 Å². The van der Waals surface area contributed by atoms with E-state index < -0.39 is 38.7 Å². The highest BCUT2D eigenvalue weighted by molar-refractivity contribution is 7.90. The van der Waals surface area contributed by atoms with Crippen LogP contribution < -0.4 is 9.46 Å². The normalized spacial score (nSPS) is 28.6. The molecule has 2 aromatic carbocycles. The van der Waals surface area contributed by atoms with Gasteiger partial charge in [0.25, 0.3) is 5.19 Å². The fraction of sp³-hybridized carbons (Fsp3) is 0.526. The predicted molar refractivity (Wildman–Crippen MR) is 190 cm³/mol. The summed E-state index contributed by atoms with van der Waals surface area (Å²) in [4.78, 5) is 49.0. The summed E-state index contributed by atoms with van der Waals surface area (Å²) in [6.45, 7) is 2.28. The molecule has 5 atom stereocenters. The van der Waals surface area contributed by atoms with E-state index in [1.165, 1.54) is 16.9 Å². The van der Waals surface area contributed by atoms with Crippen molar-refractivity contribution in [2.45, 2.75) is 101 Å². The number of ketones is 1. The van der Waals surface area contributed by atoms with Crippen molar-refractivity contribution in [1.29, 1.82) is 0 Å². The van der Waals surface area contributed by atoms with Crippen LogP contribution >= 0.6 is 11.3 Å². The number of allylic oxidation sites excluding steroid dienone is 2. The Balaban J connectivity index is 1.16. The lowest BCUT2D eigenvalue weighted by molar-refractivity contribution is -0.142. The van der Waals surface area contributed by atoms with Gasteiger partial charge in [0, 0.05) is 18.8 Å². The molecule has 0 radical (unpaired) electrons. The third kappa shape index (κ3) is 7.62. The second-order valence-electron chi connectivity index (χ2n) is 14.5. The van der Waals surface area contributed by atoms with Gasteiger partial charge in [0.1, 0.15) is 6.10 Å². The minimum Gasteiger partial charge on any atom is -0.465 e. The second kappa shape index (κ2) is 14.0. The molecule has 0 unspecified atom stereocenters. The van der Waals surface area contributed by atoms with Gasteiger partial charge in [0.15, 0.2) is 5.78 Å². The van der Waals surface area contributed by atoms with Crippen molar-refractivity contribution < 1.29 is 27.5 Å². The number of nitrogens with one attached hydrogen (secondary N) is 1. The third-order valence-electron chi connectivity index (χ3n) is 10.7. The largest absolute Gasteiger partial charge is 0.465 e. The van der Waals surface area contributed by atoms with Crippen LogP contribution in [0, 0.1) is 24.2 Å². The number of thiazole rings is 1. The Bertz CT molecular complexity index is 1850. The summed E-state index contributed by atoms with van der Waals surface area (Å²) >= 11 is 1.45. The summed E-state index contributed by atoms with van der Waals surface area (Å²) in [7, 11) is -3.78. The van der Waals surface area contributed by atoms with Gasteiger partial charge in [-0.1, -0.05) is 72.7 Å². The fourth-order valence-electron chi connectivity index (χ4n) is 7.59. The highest BCUT2D eigenvalue weighted by atomic mass is 32.2. The molecule has 2 aliphatic heterocycles. The molecule has 260 valence electrons. The van der Waals surface area contributed by atoms with Crippen molar-refractivity contribution in [3.8, 4) is 5.19 Å². The SMILES string of the molecule is Cc1ccc2nc(O[C@@H]3C[C@H]4C(=O)C[C@]5(C(=O)NS(=O)(=O)C6CC6)C[C@H]5/C=C\CCCCC[C@H](CCc5ccccc5)C(=O)N4C3)sc2c1. The highest BCUT2D eigenvalue weighted by Gasteiger charge is 2.61. The molecule has 0 spiro atoms. The molecule has 2 saturated carbocycles. The van der Waals surface area contributed by atoms with Crippen molar-refractivity contribution in [1.82, 2.24) is 14.6 Å². The van der Waals surface area contributed by atoms with Gasteiger partial charge < -0.3 is 9.64 Å². The van der Waals surface area contributed by atoms with Crippen LogP contribution in [-0.4, -0.2) is 59.8 Å². The number of sulfonamides is 1. The lowest BCUT2D eigenvalue weighted by atomic mass is 9.90. The van der Waals surface area contributed by atoms with E-state index in [0.717, 1.165) is 54.3 Å². The number of aryl methyl sites for hydroxylation is 2. The number of carbonyl (C=O) groups is 3. The Hall–Kier alpha value is -3.57. The van der Waals surface area contributed by atoms with Crippen LogP contribution in [0.5, 0.6) is 5.19 Å². The molecule has 2 amide bonds. The van der Waals surface area contributed by atoms with Crippen LogP contribution in [0.4, 0.5) is 0 Å². The molecule has 9 nitrogen and oxygen atoms in total. The molecule has 3 fully saturated rings. The summed E-state index contributed by atoms with van der Waals surface area (Å²) in [5.74, 6) is -1.34. The lowest BCUT2D eigenvalue weighted by Gasteiger charge is -2.29. The summed E-state index contributed by atoms with van der Waals surface area (Å²) in [6, 6.07) is 15.4. The van der Waals surface area contributed by atoms with Gasteiger partial charge >= 0.3 is 0 Å². The number of benzene rings is 2. The zero-order valence-electron chi connectivity index (χ0n) is 28.0.